The molecule has 0 radical (unpaired) electrons. The van der Waals surface area contributed by atoms with E-state index in [0.29, 0.717) is 5.56 Å². The molecule has 0 aliphatic carbocycles. The molecule has 0 amide bonds. The van der Waals surface area contributed by atoms with E-state index in [2.05, 4.69) is 0 Å². The fourth-order valence-corrected chi connectivity index (χ4v) is 2.17. The molecule has 1 aromatic rings. The topological polar surface area (TPSA) is 80.4 Å². The summed E-state index contributed by atoms with van der Waals surface area (Å²) in [6.45, 7) is 1.62. The lowest BCUT2D eigenvalue weighted by Gasteiger charge is -2.10. The Labute approximate surface area is 87.4 Å². The van der Waals surface area contributed by atoms with Crippen LogP contribution < -0.4 is 5.73 Å². The van der Waals surface area contributed by atoms with Gasteiger partial charge in [-0.25, -0.2) is 0 Å². The van der Waals surface area contributed by atoms with Crippen molar-refractivity contribution >= 4 is 21.7 Å². The van der Waals surface area contributed by atoms with Gasteiger partial charge in [-0.3, -0.25) is 4.55 Å². The monoisotopic (exact) mass is 235 g/mol. The quantitative estimate of drug-likeness (QED) is 0.763. The highest BCUT2D eigenvalue weighted by molar-refractivity contribution is 7.85. The van der Waals surface area contributed by atoms with E-state index in [1.54, 1.807) is 6.92 Å². The smallest absolute Gasteiger partial charge is 0.294 e. The Hall–Kier alpha value is -0.620. The number of rotatable bonds is 2. The lowest BCUT2D eigenvalue weighted by Crippen LogP contribution is -2.11. The van der Waals surface area contributed by atoms with Crippen molar-refractivity contribution in [2.45, 2.75) is 17.9 Å². The number of hydrogen-bond donors (Lipinski definition) is 2. The van der Waals surface area contributed by atoms with Crippen molar-refractivity contribution in [2.24, 2.45) is 5.73 Å². The second-order valence-electron chi connectivity index (χ2n) is 2.95. The molecule has 4 nitrogen and oxygen atoms in total. The molecule has 3 N–H and O–H groups in total. The maximum absolute atomic E-state index is 11.0. The van der Waals surface area contributed by atoms with E-state index in [9.17, 15) is 8.42 Å². The lowest BCUT2D eigenvalue weighted by molar-refractivity contribution is 0.481. The van der Waals surface area contributed by atoms with Crippen LogP contribution in [0.2, 0.25) is 5.02 Å². The molecule has 0 saturated carbocycles. The van der Waals surface area contributed by atoms with Crippen molar-refractivity contribution in [1.29, 1.82) is 0 Å². The standard InChI is InChI=1S/C8H10ClNO3S/c1-5(10)7-3-2-6(9)4-8(7)14(11,12)13/h2-5H,10H2,1H3,(H,11,12,13). The van der Waals surface area contributed by atoms with Gasteiger partial charge in [-0.15, -0.1) is 0 Å². The summed E-state index contributed by atoms with van der Waals surface area (Å²) in [5.41, 5.74) is 5.89. The Kier molecular flexibility index (Phi) is 3.16. The van der Waals surface area contributed by atoms with Crippen LogP contribution in [0.25, 0.3) is 0 Å². The van der Waals surface area contributed by atoms with E-state index in [1.807, 2.05) is 0 Å². The Balaban J connectivity index is 3.46. The second kappa shape index (κ2) is 3.86. The maximum Gasteiger partial charge on any atom is 0.294 e. The molecule has 1 aromatic carbocycles. The maximum atomic E-state index is 11.0. The van der Waals surface area contributed by atoms with E-state index in [1.165, 1.54) is 18.2 Å². The first-order valence-electron chi connectivity index (χ1n) is 3.85. The minimum atomic E-state index is -4.27. The average molecular weight is 236 g/mol. The molecule has 0 heterocycles. The third-order valence-corrected chi connectivity index (χ3v) is 2.89. The van der Waals surface area contributed by atoms with Gasteiger partial charge in [0.15, 0.2) is 0 Å². The van der Waals surface area contributed by atoms with Gasteiger partial charge in [0.05, 0.1) is 0 Å². The Morgan fingerprint density at radius 1 is 1.50 bits per heavy atom. The van der Waals surface area contributed by atoms with E-state index in [-0.39, 0.29) is 9.92 Å². The molecule has 78 valence electrons. The molecule has 0 aliphatic heterocycles. The summed E-state index contributed by atoms with van der Waals surface area (Å²) < 4.78 is 30.8. The molecule has 0 fully saturated rings. The third kappa shape index (κ3) is 2.45. The molecule has 1 unspecified atom stereocenters. The first-order chi connectivity index (χ1) is 6.32. The summed E-state index contributed by atoms with van der Waals surface area (Å²) in [6.07, 6.45) is 0. The molecule has 0 aromatic heterocycles. The van der Waals surface area contributed by atoms with Crippen molar-refractivity contribution in [3.05, 3.63) is 28.8 Å². The van der Waals surface area contributed by atoms with E-state index in [4.69, 9.17) is 21.9 Å². The first-order valence-corrected chi connectivity index (χ1v) is 5.66. The Bertz CT molecular complexity index is 442. The van der Waals surface area contributed by atoms with Crippen molar-refractivity contribution in [3.63, 3.8) is 0 Å². The predicted molar refractivity (Wildman–Crippen MR) is 53.9 cm³/mol. The van der Waals surface area contributed by atoms with Gasteiger partial charge in [-0.1, -0.05) is 17.7 Å². The van der Waals surface area contributed by atoms with E-state index < -0.39 is 16.2 Å². The average Bonchev–Trinajstić information content (AvgIpc) is 2.01. The summed E-state index contributed by atoms with van der Waals surface area (Å²) in [7, 11) is -4.27. The zero-order valence-corrected chi connectivity index (χ0v) is 9.01. The summed E-state index contributed by atoms with van der Waals surface area (Å²) in [5, 5.41) is 0.238. The van der Waals surface area contributed by atoms with Gasteiger partial charge in [-0.05, 0) is 24.6 Å². The van der Waals surface area contributed by atoms with Crippen molar-refractivity contribution in [2.75, 3.05) is 0 Å². The SMILES string of the molecule is CC(N)c1ccc(Cl)cc1S(=O)(=O)O. The predicted octanol–water partition coefficient (Wildman–Crippen LogP) is 1.61. The van der Waals surface area contributed by atoms with Gasteiger partial charge in [0, 0.05) is 11.1 Å². The third-order valence-electron chi connectivity index (χ3n) is 1.74. The van der Waals surface area contributed by atoms with Crippen molar-refractivity contribution < 1.29 is 13.0 Å². The number of halogens is 1. The Morgan fingerprint density at radius 3 is 2.50 bits per heavy atom. The molecule has 0 aliphatic rings. The molecular formula is C8H10ClNO3S. The van der Waals surface area contributed by atoms with E-state index >= 15 is 0 Å². The van der Waals surface area contributed by atoms with Crippen LogP contribution >= 0.6 is 11.6 Å². The lowest BCUT2D eigenvalue weighted by atomic mass is 10.1. The van der Waals surface area contributed by atoms with Gasteiger partial charge in [-0.2, -0.15) is 8.42 Å². The minimum absolute atomic E-state index is 0.236. The van der Waals surface area contributed by atoms with Gasteiger partial charge >= 0.3 is 0 Å². The molecule has 0 saturated heterocycles. The van der Waals surface area contributed by atoms with Crippen LogP contribution in [-0.4, -0.2) is 13.0 Å². The summed E-state index contributed by atoms with van der Waals surface area (Å²) in [5.74, 6) is 0. The van der Waals surface area contributed by atoms with Gasteiger partial charge in [0.1, 0.15) is 4.90 Å². The van der Waals surface area contributed by atoms with Crippen LogP contribution in [-0.2, 0) is 10.1 Å². The van der Waals surface area contributed by atoms with Crippen LogP contribution in [0.4, 0.5) is 0 Å². The number of nitrogens with two attached hydrogens (primary N) is 1. The molecule has 6 heteroatoms. The molecule has 0 bridgehead atoms. The first kappa shape index (κ1) is 11.5. The number of hydrogen-bond acceptors (Lipinski definition) is 3. The highest BCUT2D eigenvalue weighted by Crippen LogP contribution is 2.24. The van der Waals surface area contributed by atoms with Crippen LogP contribution in [0, 0.1) is 0 Å². The Morgan fingerprint density at radius 2 is 2.07 bits per heavy atom. The van der Waals surface area contributed by atoms with Gasteiger partial charge < -0.3 is 5.73 Å². The fraction of sp³-hybridized carbons (Fsp3) is 0.250. The van der Waals surface area contributed by atoms with Gasteiger partial charge in [0.25, 0.3) is 10.1 Å². The molecule has 1 rings (SSSR count). The van der Waals surface area contributed by atoms with Crippen molar-refractivity contribution in [1.82, 2.24) is 0 Å². The van der Waals surface area contributed by atoms with Gasteiger partial charge in [0.2, 0.25) is 0 Å². The normalized spacial score (nSPS) is 14.0. The zero-order chi connectivity index (χ0) is 10.9. The summed E-state index contributed by atoms with van der Waals surface area (Å²) in [4.78, 5) is -0.236. The largest absolute Gasteiger partial charge is 0.324 e. The molecule has 0 spiro atoms. The highest BCUT2D eigenvalue weighted by Gasteiger charge is 2.17. The summed E-state index contributed by atoms with van der Waals surface area (Å²) in [6, 6.07) is 3.70. The molecule has 14 heavy (non-hydrogen) atoms. The summed E-state index contributed by atoms with van der Waals surface area (Å²) >= 11 is 5.61. The zero-order valence-electron chi connectivity index (χ0n) is 7.44. The van der Waals surface area contributed by atoms with Crippen LogP contribution in [0.3, 0.4) is 0 Å². The molecule has 1 atom stereocenters. The fourth-order valence-electron chi connectivity index (χ4n) is 1.11. The van der Waals surface area contributed by atoms with Crippen LogP contribution in [0.5, 0.6) is 0 Å². The van der Waals surface area contributed by atoms with Crippen molar-refractivity contribution in [3.8, 4) is 0 Å². The van der Waals surface area contributed by atoms with Crippen LogP contribution in [0.1, 0.15) is 18.5 Å². The number of benzene rings is 1. The van der Waals surface area contributed by atoms with Crippen LogP contribution in [0.15, 0.2) is 23.1 Å². The molecular weight excluding hydrogens is 226 g/mol. The second-order valence-corrected chi connectivity index (χ2v) is 4.77. The minimum Gasteiger partial charge on any atom is -0.324 e. The van der Waals surface area contributed by atoms with E-state index in [0.717, 1.165) is 0 Å². The highest BCUT2D eigenvalue weighted by atomic mass is 35.5.